The van der Waals surface area contributed by atoms with E-state index in [4.69, 9.17) is 0 Å². The van der Waals surface area contributed by atoms with Crippen molar-refractivity contribution < 1.29 is 0 Å². The monoisotopic (exact) mass is 523 g/mol. The Hall–Kier alpha value is -5.54. The first-order valence-corrected chi connectivity index (χ1v) is 14.0. The minimum atomic E-state index is 1.14. The van der Waals surface area contributed by atoms with Gasteiger partial charge in [-0.3, -0.25) is 4.57 Å². The Morgan fingerprint density at radius 3 is 1.63 bits per heavy atom. The largest absolute Gasteiger partial charge is 0.309 e. The Labute approximate surface area is 236 Å². The van der Waals surface area contributed by atoms with Crippen molar-refractivity contribution >= 4 is 49.3 Å². The van der Waals surface area contributed by atoms with Crippen molar-refractivity contribution in [3.05, 3.63) is 152 Å². The van der Waals surface area contributed by atoms with E-state index in [-0.39, 0.29) is 0 Å². The lowest BCUT2D eigenvalue weighted by molar-refractivity contribution is 1.09. The van der Waals surface area contributed by atoms with Gasteiger partial charge in [-0.2, -0.15) is 0 Å². The SMILES string of the molecule is c1ccc(-c2c3c4ccccc4n(-c4cccc(-n5c6ccccc6c6ccccc65)c4)c3n3ccccc23)cc1. The standard InChI is InChI=1S/C38H25N3/c1-2-13-26(14-3-1)36-35-23-10-11-24-39(35)38-37(36)31-19-6-9-22-34(31)41(38)28-16-12-15-27(25-28)40-32-20-7-4-17-29(32)30-18-5-8-21-33(30)40/h1-25H. The molecule has 0 spiro atoms. The second-order valence-corrected chi connectivity index (χ2v) is 10.6. The maximum absolute atomic E-state index is 2.43. The Kier molecular flexibility index (Phi) is 4.61. The van der Waals surface area contributed by atoms with Crippen molar-refractivity contribution in [3.63, 3.8) is 0 Å². The third-order valence-corrected chi connectivity index (χ3v) is 8.43. The van der Waals surface area contributed by atoms with Gasteiger partial charge in [-0.1, -0.05) is 97.1 Å². The van der Waals surface area contributed by atoms with Crippen molar-refractivity contribution in [2.45, 2.75) is 0 Å². The van der Waals surface area contributed by atoms with Gasteiger partial charge in [0.05, 0.1) is 22.1 Å². The fraction of sp³-hybridized carbons (Fsp3) is 0. The molecule has 3 nitrogen and oxygen atoms in total. The number of fused-ring (bicyclic) bond motifs is 8. The van der Waals surface area contributed by atoms with Crippen LogP contribution in [0.3, 0.4) is 0 Å². The maximum Gasteiger partial charge on any atom is 0.131 e. The molecule has 41 heavy (non-hydrogen) atoms. The third kappa shape index (κ3) is 3.09. The molecule has 0 amide bonds. The van der Waals surface area contributed by atoms with Crippen LogP contribution >= 0.6 is 0 Å². The van der Waals surface area contributed by atoms with E-state index in [0.29, 0.717) is 0 Å². The van der Waals surface area contributed by atoms with Crippen LogP contribution in [0.2, 0.25) is 0 Å². The Bertz CT molecular complexity index is 2360. The molecule has 0 aliphatic heterocycles. The third-order valence-electron chi connectivity index (χ3n) is 8.43. The molecule has 0 radical (unpaired) electrons. The van der Waals surface area contributed by atoms with Crippen LogP contribution in [-0.4, -0.2) is 13.5 Å². The van der Waals surface area contributed by atoms with Crippen LogP contribution in [0.15, 0.2) is 152 Å². The molecule has 0 bridgehead atoms. The Morgan fingerprint density at radius 1 is 0.390 bits per heavy atom. The molecule has 192 valence electrons. The van der Waals surface area contributed by atoms with Crippen LogP contribution in [0.1, 0.15) is 0 Å². The number of para-hydroxylation sites is 3. The molecule has 9 rings (SSSR count). The van der Waals surface area contributed by atoms with E-state index in [2.05, 4.69) is 165 Å². The number of aromatic nitrogens is 3. The fourth-order valence-corrected chi connectivity index (χ4v) is 6.79. The molecule has 4 heterocycles. The molecule has 5 aromatic carbocycles. The van der Waals surface area contributed by atoms with Crippen LogP contribution < -0.4 is 0 Å². The average molecular weight is 524 g/mol. The molecule has 0 aliphatic rings. The molecule has 0 fully saturated rings. The number of benzene rings is 5. The second-order valence-electron chi connectivity index (χ2n) is 10.6. The molecule has 0 atom stereocenters. The van der Waals surface area contributed by atoms with Gasteiger partial charge >= 0.3 is 0 Å². The summed E-state index contributed by atoms with van der Waals surface area (Å²) < 4.78 is 7.18. The first-order chi connectivity index (χ1) is 20.4. The van der Waals surface area contributed by atoms with E-state index in [9.17, 15) is 0 Å². The lowest BCUT2D eigenvalue weighted by Gasteiger charge is -2.13. The van der Waals surface area contributed by atoms with E-state index in [1.165, 1.54) is 60.4 Å². The van der Waals surface area contributed by atoms with E-state index < -0.39 is 0 Å². The zero-order valence-electron chi connectivity index (χ0n) is 22.3. The minimum Gasteiger partial charge on any atom is -0.309 e. The fourth-order valence-electron chi connectivity index (χ4n) is 6.79. The van der Waals surface area contributed by atoms with Gasteiger partial charge in [-0.05, 0) is 54.1 Å². The maximum atomic E-state index is 2.43. The lowest BCUT2D eigenvalue weighted by atomic mass is 10.0. The molecule has 0 N–H and O–H groups in total. The van der Waals surface area contributed by atoms with Crippen molar-refractivity contribution in [2.75, 3.05) is 0 Å². The topological polar surface area (TPSA) is 14.3 Å². The number of hydrogen-bond donors (Lipinski definition) is 0. The zero-order valence-corrected chi connectivity index (χ0v) is 22.3. The van der Waals surface area contributed by atoms with Gasteiger partial charge in [-0.25, -0.2) is 0 Å². The van der Waals surface area contributed by atoms with Gasteiger partial charge in [0.25, 0.3) is 0 Å². The van der Waals surface area contributed by atoms with E-state index in [0.717, 1.165) is 11.4 Å². The van der Waals surface area contributed by atoms with Crippen LogP contribution in [0.25, 0.3) is 71.8 Å². The number of hydrogen-bond acceptors (Lipinski definition) is 0. The average Bonchev–Trinajstić information content (AvgIpc) is 3.67. The molecule has 0 aliphatic carbocycles. The Morgan fingerprint density at radius 2 is 0.927 bits per heavy atom. The zero-order chi connectivity index (χ0) is 26.9. The number of nitrogens with zero attached hydrogens (tertiary/aromatic N) is 3. The van der Waals surface area contributed by atoms with Gasteiger partial charge in [-0.15, -0.1) is 0 Å². The summed E-state index contributed by atoms with van der Waals surface area (Å²) in [7, 11) is 0. The first kappa shape index (κ1) is 22.3. The van der Waals surface area contributed by atoms with E-state index >= 15 is 0 Å². The predicted molar refractivity (Wildman–Crippen MR) is 172 cm³/mol. The van der Waals surface area contributed by atoms with Gasteiger partial charge in [0.1, 0.15) is 5.65 Å². The smallest absolute Gasteiger partial charge is 0.131 e. The van der Waals surface area contributed by atoms with E-state index in [1.54, 1.807) is 0 Å². The predicted octanol–water partition coefficient (Wildman–Crippen LogP) is 9.80. The van der Waals surface area contributed by atoms with Gasteiger partial charge < -0.3 is 8.97 Å². The highest BCUT2D eigenvalue weighted by molar-refractivity contribution is 6.19. The molecule has 0 unspecified atom stereocenters. The Balaban J connectivity index is 1.40. The van der Waals surface area contributed by atoms with Crippen LogP contribution in [0.4, 0.5) is 0 Å². The second kappa shape index (κ2) is 8.48. The summed E-state index contributed by atoms with van der Waals surface area (Å²) in [6, 6.07) is 52.4. The van der Waals surface area contributed by atoms with Gasteiger partial charge in [0.2, 0.25) is 0 Å². The van der Waals surface area contributed by atoms with Crippen molar-refractivity contribution in [2.24, 2.45) is 0 Å². The summed E-state index contributed by atoms with van der Waals surface area (Å²) in [4.78, 5) is 0. The van der Waals surface area contributed by atoms with Gasteiger partial charge in [0, 0.05) is 44.7 Å². The molecular formula is C38H25N3. The highest BCUT2D eigenvalue weighted by Crippen LogP contribution is 2.43. The van der Waals surface area contributed by atoms with Crippen LogP contribution in [0.5, 0.6) is 0 Å². The molecular weight excluding hydrogens is 498 g/mol. The summed E-state index contributed by atoms with van der Waals surface area (Å²) >= 11 is 0. The van der Waals surface area contributed by atoms with Crippen LogP contribution in [0, 0.1) is 0 Å². The number of rotatable bonds is 3. The summed E-state index contributed by atoms with van der Waals surface area (Å²) in [5.74, 6) is 0. The van der Waals surface area contributed by atoms with Crippen molar-refractivity contribution in [3.8, 4) is 22.5 Å². The highest BCUT2D eigenvalue weighted by Gasteiger charge is 2.22. The normalized spacial score (nSPS) is 11.9. The van der Waals surface area contributed by atoms with Crippen LogP contribution in [-0.2, 0) is 0 Å². The molecule has 3 heteroatoms. The molecule has 9 aromatic rings. The summed E-state index contributed by atoms with van der Waals surface area (Å²) in [6.45, 7) is 0. The summed E-state index contributed by atoms with van der Waals surface area (Å²) in [6.07, 6.45) is 2.19. The highest BCUT2D eigenvalue weighted by atomic mass is 15.1. The summed E-state index contributed by atoms with van der Waals surface area (Å²) in [5.41, 5.74) is 10.8. The minimum absolute atomic E-state index is 1.14. The number of pyridine rings is 1. The summed E-state index contributed by atoms with van der Waals surface area (Å²) in [5, 5.41) is 5.08. The molecule has 0 saturated carbocycles. The first-order valence-electron chi connectivity index (χ1n) is 14.0. The van der Waals surface area contributed by atoms with E-state index in [1.807, 2.05) is 0 Å². The lowest BCUT2D eigenvalue weighted by Crippen LogP contribution is -2.00. The van der Waals surface area contributed by atoms with Gasteiger partial charge in [0.15, 0.2) is 0 Å². The quantitative estimate of drug-likeness (QED) is 0.219. The molecule has 4 aromatic heterocycles. The van der Waals surface area contributed by atoms with Crippen molar-refractivity contribution in [1.29, 1.82) is 0 Å². The van der Waals surface area contributed by atoms with Crippen molar-refractivity contribution in [1.82, 2.24) is 13.5 Å². The molecule has 0 saturated heterocycles.